The van der Waals surface area contributed by atoms with Crippen LogP contribution in [0.3, 0.4) is 0 Å². The lowest BCUT2D eigenvalue weighted by Gasteiger charge is -2.46. The Morgan fingerprint density at radius 2 is 0.957 bits per heavy atom. The molecule has 0 aromatic heterocycles. The Morgan fingerprint density at radius 3 is 1.48 bits per heavy atom. The normalized spacial score (nSPS) is 26.5. The van der Waals surface area contributed by atoms with Gasteiger partial charge in [-0.1, -0.05) is 184 Å². The minimum atomic E-state index is -1.79. The van der Waals surface area contributed by atoms with Gasteiger partial charge in [0.05, 0.1) is 32.0 Å². The standard InChI is InChI=1S/C55H99NO13/c1-3-5-7-9-11-12-13-14-15-16-17-18-19-20-21-22-23-24-25-26-27-28-29-30-31-32-33-35-37-39-47(60)56-43(44(59)38-36-34-10-8-6-4-2)42-66-54-52(65)50(63)53(46(41-58)68-54)69-55-51(64)49(62)48(61)45(40-57)67-55/h13-14,16-17,19-20,36,38,43-46,48-55,57-59,61-65H,3-12,15,18,21-35,37,39-42H2,1-2H3,(H,56,60)/b14-13-,17-16-,20-19-,38-36+. The molecule has 2 aliphatic heterocycles. The summed E-state index contributed by atoms with van der Waals surface area (Å²) in [7, 11) is 0. The van der Waals surface area contributed by atoms with Gasteiger partial charge in [-0.15, -0.1) is 0 Å². The zero-order valence-electron chi connectivity index (χ0n) is 42.8. The van der Waals surface area contributed by atoms with E-state index in [-0.39, 0.29) is 18.9 Å². The molecule has 69 heavy (non-hydrogen) atoms. The SMILES string of the molecule is CCCCCC/C=C/C(O)C(COC1OC(CO)C(OC2OC(CO)C(O)C(O)C2O)C(O)C1O)NC(=O)CCCCCCCCCCCCCCCC/C=C\C/C=C\C/C=C\CCCCCCC. The van der Waals surface area contributed by atoms with Crippen LogP contribution < -0.4 is 5.32 Å². The molecular weight excluding hydrogens is 883 g/mol. The first-order valence-electron chi connectivity index (χ1n) is 27.4. The molecule has 402 valence electrons. The first-order chi connectivity index (χ1) is 33.6. The van der Waals surface area contributed by atoms with Crippen LogP contribution >= 0.6 is 0 Å². The van der Waals surface area contributed by atoms with Crippen molar-refractivity contribution in [2.24, 2.45) is 0 Å². The smallest absolute Gasteiger partial charge is 0.220 e. The predicted molar refractivity (Wildman–Crippen MR) is 272 cm³/mol. The summed E-state index contributed by atoms with van der Waals surface area (Å²) in [4.78, 5) is 13.1. The molecule has 1 amide bonds. The average Bonchev–Trinajstić information content (AvgIpc) is 3.35. The van der Waals surface area contributed by atoms with Crippen molar-refractivity contribution in [3.05, 3.63) is 48.6 Å². The van der Waals surface area contributed by atoms with Gasteiger partial charge in [0.15, 0.2) is 12.6 Å². The third-order valence-electron chi connectivity index (χ3n) is 13.3. The molecular formula is C55H99NO13. The lowest BCUT2D eigenvalue weighted by atomic mass is 9.97. The lowest BCUT2D eigenvalue weighted by molar-refractivity contribution is -0.359. The van der Waals surface area contributed by atoms with Crippen molar-refractivity contribution in [3.8, 4) is 0 Å². The molecule has 0 aromatic rings. The van der Waals surface area contributed by atoms with Crippen molar-refractivity contribution in [2.45, 2.75) is 274 Å². The van der Waals surface area contributed by atoms with E-state index in [2.05, 4.69) is 55.6 Å². The van der Waals surface area contributed by atoms with Crippen molar-refractivity contribution in [1.29, 1.82) is 0 Å². The Bertz CT molecular complexity index is 1340. The minimum absolute atomic E-state index is 0.247. The first-order valence-corrected chi connectivity index (χ1v) is 27.4. The molecule has 2 aliphatic rings. The average molecular weight is 982 g/mol. The number of hydrogen-bond acceptors (Lipinski definition) is 13. The predicted octanol–water partition coefficient (Wildman–Crippen LogP) is 8.05. The van der Waals surface area contributed by atoms with E-state index in [1.807, 2.05) is 6.08 Å². The van der Waals surface area contributed by atoms with Gasteiger partial charge in [-0.25, -0.2) is 0 Å². The van der Waals surface area contributed by atoms with E-state index in [0.717, 1.165) is 64.2 Å². The molecule has 0 saturated carbocycles. The molecule has 14 heteroatoms. The van der Waals surface area contributed by atoms with Crippen LogP contribution in [0.1, 0.15) is 200 Å². The van der Waals surface area contributed by atoms with Crippen LogP contribution in [-0.2, 0) is 23.7 Å². The van der Waals surface area contributed by atoms with Gasteiger partial charge in [0.2, 0.25) is 5.91 Å². The Kier molecular flexibility index (Phi) is 37.9. The molecule has 12 unspecified atom stereocenters. The molecule has 2 rings (SSSR count). The quantitative estimate of drug-likeness (QED) is 0.0209. The topological polar surface area (TPSA) is 228 Å². The van der Waals surface area contributed by atoms with Crippen molar-refractivity contribution < 1.29 is 64.6 Å². The van der Waals surface area contributed by atoms with E-state index < -0.39 is 86.8 Å². The van der Waals surface area contributed by atoms with Crippen molar-refractivity contribution >= 4 is 5.91 Å². The molecule has 9 N–H and O–H groups in total. The lowest BCUT2D eigenvalue weighted by Crippen LogP contribution is -2.65. The Labute approximate surface area is 416 Å². The highest BCUT2D eigenvalue weighted by molar-refractivity contribution is 5.76. The zero-order valence-corrected chi connectivity index (χ0v) is 42.8. The summed E-state index contributed by atoms with van der Waals surface area (Å²) < 4.78 is 22.6. The third kappa shape index (κ3) is 28.1. The van der Waals surface area contributed by atoms with E-state index in [1.54, 1.807) is 6.08 Å². The Balaban J connectivity index is 1.62. The molecule has 0 aliphatic carbocycles. The highest BCUT2D eigenvalue weighted by Gasteiger charge is 2.51. The molecule has 2 fully saturated rings. The number of ether oxygens (including phenoxy) is 4. The van der Waals surface area contributed by atoms with E-state index in [9.17, 15) is 45.6 Å². The fourth-order valence-electron chi connectivity index (χ4n) is 8.77. The van der Waals surface area contributed by atoms with Gasteiger partial charge in [-0.3, -0.25) is 4.79 Å². The fourth-order valence-corrected chi connectivity index (χ4v) is 8.77. The molecule has 2 heterocycles. The number of hydrogen-bond donors (Lipinski definition) is 9. The second-order valence-corrected chi connectivity index (χ2v) is 19.4. The summed E-state index contributed by atoms with van der Waals surface area (Å²) in [6.07, 6.45) is 33.6. The maximum absolute atomic E-state index is 13.1. The number of nitrogens with one attached hydrogen (secondary N) is 1. The Morgan fingerprint density at radius 1 is 0.522 bits per heavy atom. The number of allylic oxidation sites excluding steroid dienone is 7. The summed E-state index contributed by atoms with van der Waals surface area (Å²) in [6.45, 7) is 2.68. The summed E-state index contributed by atoms with van der Waals surface area (Å²) in [5.41, 5.74) is 0. The van der Waals surface area contributed by atoms with Gasteiger partial charge >= 0.3 is 0 Å². The van der Waals surface area contributed by atoms with Crippen LogP contribution in [-0.4, -0.2) is 140 Å². The molecule has 14 nitrogen and oxygen atoms in total. The number of carbonyl (C=O) groups is 1. The molecule has 0 spiro atoms. The second kappa shape index (κ2) is 41.4. The van der Waals surface area contributed by atoms with E-state index in [1.165, 1.54) is 109 Å². The highest BCUT2D eigenvalue weighted by atomic mass is 16.7. The minimum Gasteiger partial charge on any atom is -0.394 e. The summed E-state index contributed by atoms with van der Waals surface area (Å²) >= 11 is 0. The summed E-state index contributed by atoms with van der Waals surface area (Å²) in [5.74, 6) is -0.247. The van der Waals surface area contributed by atoms with Gasteiger partial charge in [0, 0.05) is 6.42 Å². The molecule has 12 atom stereocenters. The van der Waals surface area contributed by atoms with Crippen LogP contribution in [0, 0.1) is 0 Å². The third-order valence-corrected chi connectivity index (χ3v) is 13.3. The molecule has 2 saturated heterocycles. The van der Waals surface area contributed by atoms with Crippen LogP contribution in [0.25, 0.3) is 0 Å². The van der Waals surface area contributed by atoms with Crippen molar-refractivity contribution in [3.63, 3.8) is 0 Å². The molecule has 0 radical (unpaired) electrons. The van der Waals surface area contributed by atoms with Gasteiger partial charge < -0.3 is 65.1 Å². The number of aliphatic hydroxyl groups excluding tert-OH is 8. The second-order valence-electron chi connectivity index (χ2n) is 19.4. The molecule has 0 aromatic carbocycles. The van der Waals surface area contributed by atoms with Gasteiger partial charge in [0.1, 0.15) is 48.8 Å². The van der Waals surface area contributed by atoms with Crippen LogP contribution in [0.5, 0.6) is 0 Å². The summed E-state index contributed by atoms with van der Waals surface area (Å²) in [6, 6.07) is -0.911. The van der Waals surface area contributed by atoms with Crippen molar-refractivity contribution in [2.75, 3.05) is 19.8 Å². The number of amides is 1. The van der Waals surface area contributed by atoms with Crippen molar-refractivity contribution in [1.82, 2.24) is 5.32 Å². The number of rotatable bonds is 42. The van der Waals surface area contributed by atoms with Gasteiger partial charge in [0.25, 0.3) is 0 Å². The monoisotopic (exact) mass is 982 g/mol. The zero-order chi connectivity index (χ0) is 50.3. The first kappa shape index (κ1) is 63.1. The maximum Gasteiger partial charge on any atom is 0.220 e. The van der Waals surface area contributed by atoms with Crippen LogP contribution in [0.4, 0.5) is 0 Å². The van der Waals surface area contributed by atoms with Gasteiger partial charge in [-0.05, 0) is 57.8 Å². The van der Waals surface area contributed by atoms with E-state index in [4.69, 9.17) is 18.9 Å². The highest BCUT2D eigenvalue weighted by Crippen LogP contribution is 2.30. The number of aliphatic hydroxyl groups is 8. The molecule has 0 bridgehead atoms. The van der Waals surface area contributed by atoms with Crippen LogP contribution in [0.15, 0.2) is 48.6 Å². The number of unbranched alkanes of at least 4 members (excludes halogenated alkanes) is 23. The van der Waals surface area contributed by atoms with E-state index >= 15 is 0 Å². The largest absolute Gasteiger partial charge is 0.394 e. The summed E-state index contributed by atoms with van der Waals surface area (Å²) in [5, 5.41) is 86.4. The maximum atomic E-state index is 13.1. The fraction of sp³-hybridized carbons (Fsp3) is 0.836. The Hall–Kier alpha value is -2.05. The van der Waals surface area contributed by atoms with Crippen LogP contribution in [0.2, 0.25) is 0 Å². The number of carbonyl (C=O) groups excluding carboxylic acids is 1. The van der Waals surface area contributed by atoms with E-state index in [0.29, 0.717) is 6.42 Å². The van der Waals surface area contributed by atoms with Gasteiger partial charge in [-0.2, -0.15) is 0 Å².